The van der Waals surface area contributed by atoms with Crippen LogP contribution in [0.3, 0.4) is 0 Å². The van der Waals surface area contributed by atoms with Gasteiger partial charge in [-0.3, -0.25) is 4.79 Å². The Morgan fingerprint density at radius 1 is 1.15 bits per heavy atom. The zero-order valence-corrected chi connectivity index (χ0v) is 15.6. The molecule has 142 valence electrons. The van der Waals surface area contributed by atoms with E-state index in [-0.39, 0.29) is 5.91 Å². The molecule has 0 atom stereocenters. The molecule has 2 heterocycles. The Bertz CT molecular complexity index is 700. The summed E-state index contributed by atoms with van der Waals surface area (Å²) in [5.41, 5.74) is 4.85. The Balaban J connectivity index is 1.84. The maximum absolute atomic E-state index is 13.0. The predicted octanol–water partition coefficient (Wildman–Crippen LogP) is 3.39. The molecule has 2 amide bonds. The second-order valence-corrected chi connectivity index (χ2v) is 6.81. The molecule has 0 bridgehead atoms. The van der Waals surface area contributed by atoms with E-state index >= 15 is 0 Å². The fourth-order valence-electron chi connectivity index (χ4n) is 3.68. The highest BCUT2D eigenvalue weighted by Gasteiger charge is 2.30. The first-order chi connectivity index (χ1) is 12.6. The highest BCUT2D eigenvalue weighted by Crippen LogP contribution is 2.31. The van der Waals surface area contributed by atoms with Crippen molar-refractivity contribution in [3.63, 3.8) is 0 Å². The van der Waals surface area contributed by atoms with Crippen LogP contribution in [-0.2, 0) is 11.2 Å². The van der Waals surface area contributed by atoms with Gasteiger partial charge in [0.05, 0.1) is 12.3 Å². The molecule has 7 heteroatoms. The Kier molecular flexibility index (Phi) is 5.96. The Morgan fingerprint density at radius 2 is 1.88 bits per heavy atom. The lowest BCUT2D eigenvalue weighted by Gasteiger charge is -2.19. The first kappa shape index (κ1) is 18.5. The highest BCUT2D eigenvalue weighted by atomic mass is 16.5. The number of carbonyl (C=O) groups excluding carboxylic acids is 2. The molecule has 2 aliphatic rings. The number of fused-ring (bicyclic) bond motifs is 1. The molecule has 1 saturated heterocycles. The van der Waals surface area contributed by atoms with Gasteiger partial charge in [-0.05, 0) is 39.5 Å². The van der Waals surface area contributed by atoms with Crippen LogP contribution < -0.4 is 5.43 Å². The number of likely N-dealkylation sites (tertiary alicyclic amines) is 1. The van der Waals surface area contributed by atoms with Crippen LogP contribution in [0.2, 0.25) is 0 Å². The zero-order valence-electron chi connectivity index (χ0n) is 15.6. The average Bonchev–Trinajstić information content (AvgIpc) is 2.82. The first-order valence-corrected chi connectivity index (χ1v) is 9.53. The molecular formula is C19H27N3O4. The van der Waals surface area contributed by atoms with E-state index in [1.807, 2.05) is 11.8 Å². The van der Waals surface area contributed by atoms with E-state index < -0.39 is 6.09 Å². The second-order valence-electron chi connectivity index (χ2n) is 6.81. The van der Waals surface area contributed by atoms with E-state index in [9.17, 15) is 9.59 Å². The van der Waals surface area contributed by atoms with Gasteiger partial charge in [-0.15, -0.1) is 0 Å². The van der Waals surface area contributed by atoms with Gasteiger partial charge >= 0.3 is 6.09 Å². The van der Waals surface area contributed by atoms with Crippen LogP contribution in [0.5, 0.6) is 0 Å². The summed E-state index contributed by atoms with van der Waals surface area (Å²) in [7, 11) is 0. The molecule has 3 rings (SSSR count). The summed E-state index contributed by atoms with van der Waals surface area (Å²) < 4.78 is 10.8. The minimum absolute atomic E-state index is 0.0310. The van der Waals surface area contributed by atoms with Crippen molar-refractivity contribution in [3.05, 3.63) is 22.6 Å². The maximum Gasteiger partial charge on any atom is 0.427 e. The highest BCUT2D eigenvalue weighted by molar-refractivity contribution is 6.06. The van der Waals surface area contributed by atoms with Gasteiger partial charge in [0, 0.05) is 30.6 Å². The van der Waals surface area contributed by atoms with Gasteiger partial charge in [-0.2, -0.15) is 5.10 Å². The molecule has 0 aromatic carbocycles. The number of hydrazone groups is 1. The van der Waals surface area contributed by atoms with Crippen molar-refractivity contribution >= 4 is 17.7 Å². The van der Waals surface area contributed by atoms with Gasteiger partial charge in [0.2, 0.25) is 0 Å². The van der Waals surface area contributed by atoms with Gasteiger partial charge in [0.15, 0.2) is 5.76 Å². The third kappa shape index (κ3) is 3.92. The number of aryl methyl sites for hydroxylation is 1. The molecule has 1 aliphatic heterocycles. The van der Waals surface area contributed by atoms with Crippen LogP contribution in [0, 0.1) is 6.92 Å². The predicted molar refractivity (Wildman–Crippen MR) is 97.4 cm³/mol. The third-order valence-electron chi connectivity index (χ3n) is 4.97. The zero-order chi connectivity index (χ0) is 18.5. The largest absolute Gasteiger partial charge is 0.455 e. The Morgan fingerprint density at radius 3 is 2.58 bits per heavy atom. The molecular weight excluding hydrogens is 334 g/mol. The molecule has 1 N–H and O–H groups in total. The Labute approximate surface area is 153 Å². The fourth-order valence-corrected chi connectivity index (χ4v) is 3.68. The summed E-state index contributed by atoms with van der Waals surface area (Å²) in [6.07, 6.45) is 6.25. The Hall–Kier alpha value is -2.31. The topological polar surface area (TPSA) is 84.1 Å². The van der Waals surface area contributed by atoms with Crippen LogP contribution in [0.1, 0.15) is 72.9 Å². The number of amides is 2. The standard InChI is InChI=1S/C19H27N3O4/c1-3-25-19(24)21-20-14-9-8-10-15-16(14)13(2)17(26-15)18(23)22-11-6-4-5-7-12-22/h3-12H2,1-2H3,(H,21,24)/b20-14+. The smallest absolute Gasteiger partial charge is 0.427 e. The van der Waals surface area contributed by atoms with Gasteiger partial charge in [-0.1, -0.05) is 12.8 Å². The summed E-state index contributed by atoms with van der Waals surface area (Å²) in [6.45, 7) is 5.51. The van der Waals surface area contributed by atoms with E-state index in [0.29, 0.717) is 12.4 Å². The molecule has 0 spiro atoms. The maximum atomic E-state index is 13.0. The van der Waals surface area contributed by atoms with Crippen molar-refractivity contribution in [1.82, 2.24) is 10.3 Å². The number of nitrogens with zero attached hydrogens (tertiary/aromatic N) is 2. The number of hydrogen-bond acceptors (Lipinski definition) is 5. The minimum Gasteiger partial charge on any atom is -0.455 e. The molecule has 0 unspecified atom stereocenters. The lowest BCUT2D eigenvalue weighted by atomic mass is 9.93. The van der Waals surface area contributed by atoms with Crippen LogP contribution in [0.15, 0.2) is 9.52 Å². The number of carbonyl (C=O) groups is 2. The normalized spacial score (nSPS) is 19.0. The summed E-state index contributed by atoms with van der Waals surface area (Å²) in [4.78, 5) is 26.4. The van der Waals surface area contributed by atoms with Crippen molar-refractivity contribution in [2.75, 3.05) is 19.7 Å². The van der Waals surface area contributed by atoms with Crippen LogP contribution in [0.4, 0.5) is 4.79 Å². The van der Waals surface area contributed by atoms with Crippen LogP contribution in [-0.4, -0.2) is 42.3 Å². The molecule has 7 nitrogen and oxygen atoms in total. The van der Waals surface area contributed by atoms with Crippen molar-refractivity contribution in [1.29, 1.82) is 0 Å². The number of hydrogen-bond donors (Lipinski definition) is 1. The fraction of sp³-hybridized carbons (Fsp3) is 0.632. The van der Waals surface area contributed by atoms with Gasteiger partial charge in [0.1, 0.15) is 5.76 Å². The van der Waals surface area contributed by atoms with Crippen LogP contribution in [0.25, 0.3) is 0 Å². The molecule has 0 radical (unpaired) electrons. The van der Waals surface area contributed by atoms with Crippen molar-refractivity contribution in [3.8, 4) is 0 Å². The average molecular weight is 361 g/mol. The SMILES string of the molecule is CCOC(=O)N/N=C1\CCCc2oc(C(=O)N3CCCCCC3)c(C)c21. The van der Waals surface area contributed by atoms with Crippen LogP contribution >= 0.6 is 0 Å². The van der Waals surface area contributed by atoms with Crippen molar-refractivity contribution in [2.45, 2.75) is 58.8 Å². The number of rotatable bonds is 3. The molecule has 26 heavy (non-hydrogen) atoms. The van der Waals surface area contributed by atoms with E-state index in [1.165, 1.54) is 12.8 Å². The molecule has 1 aromatic heterocycles. The number of furan rings is 1. The number of nitrogens with one attached hydrogen (secondary N) is 1. The lowest BCUT2D eigenvalue weighted by Crippen LogP contribution is -2.32. The van der Waals surface area contributed by atoms with Gasteiger partial charge < -0.3 is 14.1 Å². The molecule has 1 aliphatic carbocycles. The first-order valence-electron chi connectivity index (χ1n) is 9.53. The van der Waals surface area contributed by atoms with Crippen molar-refractivity contribution < 1.29 is 18.7 Å². The summed E-state index contributed by atoms with van der Waals surface area (Å²) in [5.74, 6) is 1.18. The monoisotopic (exact) mass is 361 g/mol. The van der Waals surface area contributed by atoms with Crippen molar-refractivity contribution in [2.24, 2.45) is 5.10 Å². The molecule has 0 saturated carbocycles. The van der Waals surface area contributed by atoms with E-state index in [1.54, 1.807) is 6.92 Å². The minimum atomic E-state index is -0.575. The van der Waals surface area contributed by atoms with E-state index in [2.05, 4.69) is 10.5 Å². The summed E-state index contributed by atoms with van der Waals surface area (Å²) in [6, 6.07) is 0. The van der Waals surface area contributed by atoms with Gasteiger partial charge in [-0.25, -0.2) is 10.2 Å². The second kappa shape index (κ2) is 8.38. The summed E-state index contributed by atoms with van der Waals surface area (Å²) >= 11 is 0. The van der Waals surface area contributed by atoms with E-state index in [0.717, 1.165) is 67.8 Å². The molecule has 1 fully saturated rings. The van der Waals surface area contributed by atoms with Gasteiger partial charge in [0.25, 0.3) is 5.91 Å². The summed E-state index contributed by atoms with van der Waals surface area (Å²) in [5, 5.41) is 4.21. The number of ether oxygens (including phenoxy) is 1. The quantitative estimate of drug-likeness (QED) is 0.837. The lowest BCUT2D eigenvalue weighted by molar-refractivity contribution is 0.0726. The third-order valence-corrected chi connectivity index (χ3v) is 4.97. The van der Waals surface area contributed by atoms with E-state index in [4.69, 9.17) is 9.15 Å². The molecule has 1 aromatic rings.